The zero-order valence-electron chi connectivity index (χ0n) is 12.5. The number of likely N-dealkylation sites (N-methyl/N-ethyl adjacent to an activating group) is 1. The van der Waals surface area contributed by atoms with Crippen molar-refractivity contribution < 1.29 is 9.59 Å². The highest BCUT2D eigenvalue weighted by Crippen LogP contribution is 2.11. The van der Waals surface area contributed by atoms with Crippen LogP contribution in [0.15, 0.2) is 24.3 Å². The summed E-state index contributed by atoms with van der Waals surface area (Å²) in [7, 11) is 1.67. The Kier molecular flexibility index (Phi) is 5.33. The van der Waals surface area contributed by atoms with Gasteiger partial charge in [0.15, 0.2) is 0 Å². The van der Waals surface area contributed by atoms with Crippen LogP contribution in [-0.4, -0.2) is 54.8 Å². The Balaban J connectivity index is 1.98. The van der Waals surface area contributed by atoms with E-state index in [9.17, 15) is 9.59 Å². The average Bonchev–Trinajstić information content (AvgIpc) is 3.01. The van der Waals surface area contributed by atoms with Crippen molar-refractivity contribution >= 4 is 11.8 Å². The van der Waals surface area contributed by atoms with E-state index in [-0.39, 0.29) is 18.4 Å². The van der Waals surface area contributed by atoms with Gasteiger partial charge in [-0.25, -0.2) is 0 Å². The van der Waals surface area contributed by atoms with Crippen LogP contribution in [0.1, 0.15) is 28.8 Å². The third-order valence-electron chi connectivity index (χ3n) is 3.78. The molecular weight excluding hydrogens is 266 g/mol. The van der Waals surface area contributed by atoms with Crippen LogP contribution in [0.25, 0.3) is 0 Å². The number of carbonyl (C=O) groups is 2. The van der Waals surface area contributed by atoms with Crippen LogP contribution >= 0.6 is 0 Å². The van der Waals surface area contributed by atoms with Gasteiger partial charge in [-0.15, -0.1) is 0 Å². The number of rotatable bonds is 5. The van der Waals surface area contributed by atoms with E-state index in [2.05, 4.69) is 0 Å². The second kappa shape index (κ2) is 7.22. The van der Waals surface area contributed by atoms with Crippen molar-refractivity contribution in [3.8, 4) is 0 Å². The van der Waals surface area contributed by atoms with E-state index in [4.69, 9.17) is 5.73 Å². The molecule has 1 aliphatic heterocycles. The fraction of sp³-hybridized carbons (Fsp3) is 0.500. The number of nitrogens with zero attached hydrogens (tertiary/aromatic N) is 2. The molecule has 5 nitrogen and oxygen atoms in total. The standard InChI is InChI=1S/C16H23N3O2/c1-18(12-15(20)19-9-2-3-10-19)16(21)14-6-4-5-13(11-14)7-8-17/h4-6,11H,2-3,7-10,12,17H2,1H3. The average molecular weight is 289 g/mol. The van der Waals surface area contributed by atoms with E-state index in [0.717, 1.165) is 37.9 Å². The first-order valence-electron chi connectivity index (χ1n) is 7.44. The minimum absolute atomic E-state index is 0.0291. The third-order valence-corrected chi connectivity index (χ3v) is 3.78. The second-order valence-electron chi connectivity index (χ2n) is 5.49. The molecule has 0 spiro atoms. The monoisotopic (exact) mass is 289 g/mol. The Morgan fingerprint density at radius 3 is 2.67 bits per heavy atom. The zero-order chi connectivity index (χ0) is 15.2. The normalized spacial score (nSPS) is 14.3. The maximum atomic E-state index is 12.4. The van der Waals surface area contributed by atoms with E-state index in [1.54, 1.807) is 13.1 Å². The van der Waals surface area contributed by atoms with Gasteiger partial charge in [0.1, 0.15) is 0 Å². The van der Waals surface area contributed by atoms with E-state index in [1.165, 1.54) is 4.90 Å². The van der Waals surface area contributed by atoms with Gasteiger partial charge in [-0.05, 0) is 43.5 Å². The smallest absolute Gasteiger partial charge is 0.254 e. The predicted molar refractivity (Wildman–Crippen MR) is 82.0 cm³/mol. The maximum absolute atomic E-state index is 12.4. The Hall–Kier alpha value is -1.88. The molecular formula is C16H23N3O2. The largest absolute Gasteiger partial charge is 0.341 e. The van der Waals surface area contributed by atoms with Gasteiger partial charge < -0.3 is 15.5 Å². The molecule has 0 radical (unpaired) electrons. The Morgan fingerprint density at radius 1 is 1.29 bits per heavy atom. The predicted octanol–water partition coefficient (Wildman–Crippen LogP) is 0.882. The molecule has 1 aromatic carbocycles. The van der Waals surface area contributed by atoms with Crippen molar-refractivity contribution in [3.05, 3.63) is 35.4 Å². The van der Waals surface area contributed by atoms with Crippen molar-refractivity contribution in [2.24, 2.45) is 5.73 Å². The maximum Gasteiger partial charge on any atom is 0.254 e. The summed E-state index contributed by atoms with van der Waals surface area (Å²) in [6.45, 7) is 2.32. The summed E-state index contributed by atoms with van der Waals surface area (Å²) < 4.78 is 0. The van der Waals surface area contributed by atoms with Crippen molar-refractivity contribution in [2.75, 3.05) is 33.2 Å². The molecule has 1 aliphatic rings. The number of amides is 2. The summed E-state index contributed by atoms with van der Waals surface area (Å²) in [5, 5.41) is 0. The summed E-state index contributed by atoms with van der Waals surface area (Å²) in [5.41, 5.74) is 7.19. The van der Waals surface area contributed by atoms with Gasteiger partial charge in [-0.1, -0.05) is 12.1 Å². The molecule has 0 atom stereocenters. The topological polar surface area (TPSA) is 66.6 Å². The lowest BCUT2D eigenvalue weighted by molar-refractivity contribution is -0.130. The van der Waals surface area contributed by atoms with Crippen molar-refractivity contribution in [1.29, 1.82) is 0 Å². The first kappa shape index (κ1) is 15.5. The third kappa shape index (κ3) is 4.04. The molecule has 114 valence electrons. The summed E-state index contributed by atoms with van der Waals surface area (Å²) in [6, 6.07) is 7.44. The molecule has 0 aliphatic carbocycles. The molecule has 21 heavy (non-hydrogen) atoms. The number of carbonyl (C=O) groups excluding carboxylic acids is 2. The second-order valence-corrected chi connectivity index (χ2v) is 5.49. The quantitative estimate of drug-likeness (QED) is 0.875. The highest BCUT2D eigenvalue weighted by atomic mass is 16.2. The molecule has 5 heteroatoms. The van der Waals surface area contributed by atoms with Crippen LogP contribution in [0.5, 0.6) is 0 Å². The number of nitrogens with two attached hydrogens (primary N) is 1. The molecule has 1 heterocycles. The van der Waals surface area contributed by atoms with Gasteiger partial charge in [-0.2, -0.15) is 0 Å². The zero-order valence-corrected chi connectivity index (χ0v) is 12.5. The SMILES string of the molecule is CN(CC(=O)N1CCCC1)C(=O)c1cccc(CCN)c1. The van der Waals surface area contributed by atoms with Gasteiger partial charge in [0, 0.05) is 25.7 Å². The minimum Gasteiger partial charge on any atom is -0.341 e. The van der Waals surface area contributed by atoms with Crippen LogP contribution < -0.4 is 5.73 Å². The fourth-order valence-electron chi connectivity index (χ4n) is 2.59. The van der Waals surface area contributed by atoms with Gasteiger partial charge in [0.25, 0.3) is 5.91 Å². The Labute approximate surface area is 125 Å². The summed E-state index contributed by atoms with van der Waals surface area (Å²) >= 11 is 0. The summed E-state index contributed by atoms with van der Waals surface area (Å²) in [5.74, 6) is -0.0946. The molecule has 1 aromatic rings. The molecule has 2 amide bonds. The number of hydrogen-bond donors (Lipinski definition) is 1. The molecule has 0 bridgehead atoms. The summed E-state index contributed by atoms with van der Waals surface area (Å²) in [6.07, 6.45) is 2.87. The lowest BCUT2D eigenvalue weighted by Gasteiger charge is -2.21. The summed E-state index contributed by atoms with van der Waals surface area (Å²) in [4.78, 5) is 27.8. The van der Waals surface area contributed by atoms with Crippen LogP contribution in [0.3, 0.4) is 0 Å². The van der Waals surface area contributed by atoms with Crippen LogP contribution in [-0.2, 0) is 11.2 Å². The van der Waals surface area contributed by atoms with Crippen LogP contribution in [0.2, 0.25) is 0 Å². The fourth-order valence-corrected chi connectivity index (χ4v) is 2.59. The molecule has 2 N–H and O–H groups in total. The molecule has 2 rings (SSSR count). The Morgan fingerprint density at radius 2 is 2.00 bits per heavy atom. The molecule has 0 aromatic heterocycles. The van der Waals surface area contributed by atoms with Crippen LogP contribution in [0, 0.1) is 0 Å². The molecule has 0 unspecified atom stereocenters. The number of benzene rings is 1. The van der Waals surface area contributed by atoms with E-state index < -0.39 is 0 Å². The highest BCUT2D eigenvalue weighted by molar-refractivity contribution is 5.96. The van der Waals surface area contributed by atoms with E-state index in [0.29, 0.717) is 12.1 Å². The van der Waals surface area contributed by atoms with E-state index >= 15 is 0 Å². The molecule has 1 saturated heterocycles. The first-order chi connectivity index (χ1) is 10.1. The molecule has 0 saturated carbocycles. The Bertz CT molecular complexity index is 510. The lowest BCUT2D eigenvalue weighted by Crippen LogP contribution is -2.39. The van der Waals surface area contributed by atoms with Gasteiger partial charge >= 0.3 is 0 Å². The minimum atomic E-state index is -0.124. The highest BCUT2D eigenvalue weighted by Gasteiger charge is 2.21. The van der Waals surface area contributed by atoms with Gasteiger partial charge in [0.05, 0.1) is 6.54 Å². The number of likely N-dealkylation sites (tertiary alicyclic amines) is 1. The van der Waals surface area contributed by atoms with Crippen molar-refractivity contribution in [2.45, 2.75) is 19.3 Å². The van der Waals surface area contributed by atoms with Crippen molar-refractivity contribution in [3.63, 3.8) is 0 Å². The van der Waals surface area contributed by atoms with Crippen LogP contribution in [0.4, 0.5) is 0 Å². The molecule has 1 fully saturated rings. The van der Waals surface area contributed by atoms with Gasteiger partial charge in [-0.3, -0.25) is 9.59 Å². The van der Waals surface area contributed by atoms with E-state index in [1.807, 2.05) is 23.1 Å². The number of hydrogen-bond acceptors (Lipinski definition) is 3. The van der Waals surface area contributed by atoms with Gasteiger partial charge in [0.2, 0.25) is 5.91 Å². The van der Waals surface area contributed by atoms with Crippen molar-refractivity contribution in [1.82, 2.24) is 9.80 Å². The first-order valence-corrected chi connectivity index (χ1v) is 7.44. The lowest BCUT2D eigenvalue weighted by atomic mass is 10.1.